The molecule has 1 heterocycles. The third-order valence-electron chi connectivity index (χ3n) is 9.59. The van der Waals surface area contributed by atoms with Crippen molar-refractivity contribution in [1.29, 1.82) is 5.26 Å². The van der Waals surface area contributed by atoms with E-state index in [1.165, 1.54) is 12.1 Å². The lowest BCUT2D eigenvalue weighted by Gasteiger charge is -2.36. The highest BCUT2D eigenvalue weighted by molar-refractivity contribution is 5.97. The fraction of sp³-hybridized carbons (Fsp3) is 0.528. The van der Waals surface area contributed by atoms with E-state index in [2.05, 4.69) is 15.5 Å². The van der Waals surface area contributed by atoms with E-state index in [0.29, 0.717) is 31.6 Å². The van der Waals surface area contributed by atoms with E-state index in [1.54, 1.807) is 36.1 Å². The number of nitrogens with zero attached hydrogens (tertiary/aromatic N) is 3. The standard InChI is InChI=1S/C36H45F2N5O4/c1-4-32(45)41-33(35(47)43-19-17-42(3)18-20-43)24(2)26-13-15-29(16-14-26)40-34(46)30(27-10-6-5-7-11-27)22-31(44)36(37,38)28-12-8-9-25(21-28)23-39/h8-9,12-16,21,24,27,30,33H,4-7,10-11,17-20,22H2,1-3H3,(H,40,46)(H,41,45)/t24-,30-,33+/m0/s1. The van der Waals surface area contributed by atoms with Crippen molar-refractivity contribution in [3.8, 4) is 6.07 Å². The van der Waals surface area contributed by atoms with Crippen LogP contribution in [-0.4, -0.2) is 72.6 Å². The maximum absolute atomic E-state index is 15.3. The third-order valence-corrected chi connectivity index (χ3v) is 9.59. The number of carbonyl (C=O) groups excluding carboxylic acids is 4. The summed E-state index contributed by atoms with van der Waals surface area (Å²) in [5.41, 5.74) is 0.683. The molecular formula is C36H45F2N5O4. The van der Waals surface area contributed by atoms with Gasteiger partial charge >= 0.3 is 5.92 Å². The van der Waals surface area contributed by atoms with Gasteiger partial charge in [-0.15, -0.1) is 0 Å². The van der Waals surface area contributed by atoms with E-state index in [-0.39, 0.29) is 35.6 Å². The Bertz CT molecular complexity index is 1460. The van der Waals surface area contributed by atoms with Crippen LogP contribution in [0.25, 0.3) is 0 Å². The Morgan fingerprint density at radius 1 is 1.00 bits per heavy atom. The van der Waals surface area contributed by atoms with Gasteiger partial charge in [0.1, 0.15) is 6.04 Å². The highest BCUT2D eigenvalue weighted by Gasteiger charge is 2.44. The summed E-state index contributed by atoms with van der Waals surface area (Å²) in [6.07, 6.45) is 3.67. The highest BCUT2D eigenvalue weighted by atomic mass is 19.3. The maximum atomic E-state index is 15.3. The smallest absolute Gasteiger partial charge is 0.330 e. The summed E-state index contributed by atoms with van der Waals surface area (Å²) in [7, 11) is 2.00. The number of hydrogen-bond acceptors (Lipinski definition) is 6. The van der Waals surface area contributed by atoms with Crippen LogP contribution in [0.3, 0.4) is 0 Å². The van der Waals surface area contributed by atoms with Gasteiger partial charge in [-0.25, -0.2) is 0 Å². The van der Waals surface area contributed by atoms with Crippen molar-refractivity contribution in [2.24, 2.45) is 11.8 Å². The molecule has 252 valence electrons. The first-order valence-corrected chi connectivity index (χ1v) is 16.5. The number of likely N-dealkylation sites (N-methyl/N-ethyl adjacent to an activating group) is 1. The molecule has 2 N–H and O–H groups in total. The lowest BCUT2D eigenvalue weighted by molar-refractivity contribution is -0.147. The number of anilines is 1. The fourth-order valence-electron chi connectivity index (χ4n) is 6.48. The highest BCUT2D eigenvalue weighted by Crippen LogP contribution is 2.37. The summed E-state index contributed by atoms with van der Waals surface area (Å²) < 4.78 is 30.6. The monoisotopic (exact) mass is 649 g/mol. The number of nitrogens with one attached hydrogen (secondary N) is 2. The van der Waals surface area contributed by atoms with Gasteiger partial charge in [0.15, 0.2) is 0 Å². The molecule has 1 aliphatic heterocycles. The number of nitriles is 1. The Kier molecular flexibility index (Phi) is 12.2. The van der Waals surface area contributed by atoms with Gasteiger partial charge in [0.05, 0.1) is 11.6 Å². The van der Waals surface area contributed by atoms with Crippen LogP contribution in [-0.2, 0) is 25.1 Å². The molecule has 11 heteroatoms. The van der Waals surface area contributed by atoms with Gasteiger partial charge in [-0.1, -0.05) is 57.4 Å². The minimum absolute atomic E-state index is 0.0251. The predicted molar refractivity (Wildman–Crippen MR) is 175 cm³/mol. The summed E-state index contributed by atoms with van der Waals surface area (Å²) in [5.74, 6) is -7.57. The summed E-state index contributed by atoms with van der Waals surface area (Å²) in [6.45, 7) is 6.27. The molecule has 2 aromatic rings. The molecule has 1 saturated heterocycles. The zero-order valence-electron chi connectivity index (χ0n) is 27.4. The lowest BCUT2D eigenvalue weighted by atomic mass is 9.76. The first kappa shape index (κ1) is 35.7. The maximum Gasteiger partial charge on any atom is 0.330 e. The van der Waals surface area contributed by atoms with Gasteiger partial charge in [-0.3, -0.25) is 19.2 Å². The first-order valence-electron chi connectivity index (χ1n) is 16.5. The zero-order valence-corrected chi connectivity index (χ0v) is 27.4. The van der Waals surface area contributed by atoms with Crippen LogP contribution < -0.4 is 10.6 Å². The molecule has 1 aliphatic carbocycles. The van der Waals surface area contributed by atoms with Crippen LogP contribution in [0.1, 0.15) is 81.4 Å². The Balaban J connectivity index is 1.49. The van der Waals surface area contributed by atoms with Gasteiger partial charge in [0.25, 0.3) is 0 Å². The van der Waals surface area contributed by atoms with Crippen LogP contribution in [0.2, 0.25) is 0 Å². The number of alkyl halides is 2. The molecule has 0 aromatic heterocycles. The molecule has 0 radical (unpaired) electrons. The number of carbonyl (C=O) groups is 4. The lowest BCUT2D eigenvalue weighted by Crippen LogP contribution is -2.55. The molecule has 1 saturated carbocycles. The van der Waals surface area contributed by atoms with Crippen molar-refractivity contribution >= 4 is 29.2 Å². The molecule has 2 aromatic carbocycles. The predicted octanol–water partition coefficient (Wildman–Crippen LogP) is 5.22. The molecule has 2 fully saturated rings. The minimum atomic E-state index is -3.84. The van der Waals surface area contributed by atoms with Gasteiger partial charge in [0, 0.05) is 62.1 Å². The third kappa shape index (κ3) is 9.01. The van der Waals surface area contributed by atoms with Crippen LogP contribution in [0, 0.1) is 23.2 Å². The number of amides is 3. The number of ketones is 1. The zero-order chi connectivity index (χ0) is 34.1. The van der Waals surface area contributed by atoms with Gasteiger partial charge < -0.3 is 20.4 Å². The van der Waals surface area contributed by atoms with Crippen molar-refractivity contribution < 1.29 is 28.0 Å². The number of Topliss-reactive ketones (excluding diaryl/α,β-unsaturated/α-hetero) is 1. The van der Waals surface area contributed by atoms with E-state index >= 15 is 8.78 Å². The Hall–Kier alpha value is -4.17. The van der Waals surface area contributed by atoms with Crippen molar-refractivity contribution in [3.63, 3.8) is 0 Å². The van der Waals surface area contributed by atoms with Gasteiger partial charge in [-0.2, -0.15) is 14.0 Å². The topological polar surface area (TPSA) is 123 Å². The second-order valence-corrected chi connectivity index (χ2v) is 12.8. The molecule has 3 amide bonds. The minimum Gasteiger partial charge on any atom is -0.344 e. The van der Waals surface area contributed by atoms with Gasteiger partial charge in [0.2, 0.25) is 23.5 Å². The van der Waals surface area contributed by atoms with E-state index in [4.69, 9.17) is 5.26 Å². The van der Waals surface area contributed by atoms with Crippen LogP contribution in [0.15, 0.2) is 48.5 Å². The fourth-order valence-corrected chi connectivity index (χ4v) is 6.48. The second kappa shape index (κ2) is 16.1. The average molecular weight is 650 g/mol. The number of rotatable bonds is 12. The summed E-state index contributed by atoms with van der Waals surface area (Å²) in [6, 6.07) is 12.8. The number of halogens is 2. The molecular weight excluding hydrogens is 604 g/mol. The molecule has 0 bridgehead atoms. The van der Waals surface area contributed by atoms with Crippen LogP contribution in [0.4, 0.5) is 14.5 Å². The van der Waals surface area contributed by atoms with E-state index in [9.17, 15) is 19.2 Å². The van der Waals surface area contributed by atoms with Crippen molar-refractivity contribution in [1.82, 2.24) is 15.1 Å². The molecule has 0 unspecified atom stereocenters. The van der Waals surface area contributed by atoms with E-state index < -0.39 is 41.6 Å². The Morgan fingerprint density at radius 2 is 1.66 bits per heavy atom. The van der Waals surface area contributed by atoms with Crippen LogP contribution >= 0.6 is 0 Å². The molecule has 4 rings (SSSR count). The quantitative estimate of drug-likeness (QED) is 0.325. The van der Waals surface area contributed by atoms with Crippen LogP contribution in [0.5, 0.6) is 0 Å². The molecule has 9 nitrogen and oxygen atoms in total. The summed E-state index contributed by atoms with van der Waals surface area (Å²) in [5, 5.41) is 14.9. The molecule has 47 heavy (non-hydrogen) atoms. The first-order chi connectivity index (χ1) is 22.4. The van der Waals surface area contributed by atoms with Crippen molar-refractivity contribution in [3.05, 3.63) is 65.2 Å². The summed E-state index contributed by atoms with van der Waals surface area (Å²) in [4.78, 5) is 56.5. The molecule has 3 atom stereocenters. The van der Waals surface area contributed by atoms with Crippen molar-refractivity contribution in [2.45, 2.75) is 76.7 Å². The normalized spacial score (nSPS) is 18.0. The number of hydrogen-bond donors (Lipinski definition) is 2. The second-order valence-electron chi connectivity index (χ2n) is 12.8. The Labute approximate surface area is 275 Å². The number of benzene rings is 2. The largest absolute Gasteiger partial charge is 0.344 e. The SMILES string of the molecule is CCC(=O)N[C@@H](C(=O)N1CCN(C)CC1)[C@@H](C)c1ccc(NC(=O)[C@@H](CC(=O)C(F)(F)c2cccc(C#N)c2)C2CCCCC2)cc1. The van der Waals surface area contributed by atoms with Gasteiger partial charge in [-0.05, 0) is 55.6 Å². The molecule has 2 aliphatic rings. The van der Waals surface area contributed by atoms with Crippen molar-refractivity contribution in [2.75, 3.05) is 38.5 Å². The Morgan fingerprint density at radius 3 is 2.28 bits per heavy atom. The number of piperazine rings is 1. The average Bonchev–Trinajstić information content (AvgIpc) is 3.09. The van der Waals surface area contributed by atoms with E-state index in [1.807, 2.05) is 20.0 Å². The summed E-state index contributed by atoms with van der Waals surface area (Å²) >= 11 is 0. The molecule has 0 spiro atoms. The van der Waals surface area contributed by atoms with E-state index in [0.717, 1.165) is 50.0 Å².